The first-order valence-corrected chi connectivity index (χ1v) is 9.42. The molecule has 8 heteroatoms. The van der Waals surface area contributed by atoms with Gasteiger partial charge in [0.1, 0.15) is 11.6 Å². The Hall–Kier alpha value is -2.38. The number of carbonyl (C=O) groups excluding carboxylic acids is 1. The Morgan fingerprint density at radius 1 is 1.19 bits per heavy atom. The first-order chi connectivity index (χ1) is 12.5. The molecule has 1 saturated heterocycles. The van der Waals surface area contributed by atoms with Crippen LogP contribution in [0.4, 0.5) is 0 Å². The van der Waals surface area contributed by atoms with Gasteiger partial charge in [-0.15, -0.1) is 0 Å². The van der Waals surface area contributed by atoms with Gasteiger partial charge >= 0.3 is 5.69 Å². The van der Waals surface area contributed by atoms with Crippen LogP contribution in [0.5, 0.6) is 0 Å². The molecule has 2 fully saturated rings. The second-order valence-corrected chi connectivity index (χ2v) is 7.46. The molecule has 2 aromatic heterocycles. The summed E-state index contributed by atoms with van der Waals surface area (Å²) in [5, 5.41) is 8.37. The van der Waals surface area contributed by atoms with Crippen molar-refractivity contribution < 1.29 is 9.32 Å². The van der Waals surface area contributed by atoms with Crippen LogP contribution in [-0.4, -0.2) is 43.4 Å². The van der Waals surface area contributed by atoms with Gasteiger partial charge in [-0.1, -0.05) is 18.0 Å². The van der Waals surface area contributed by atoms with Gasteiger partial charge in [0, 0.05) is 38.2 Å². The highest BCUT2D eigenvalue weighted by molar-refractivity contribution is 5.92. The third-order valence-corrected chi connectivity index (χ3v) is 5.67. The van der Waals surface area contributed by atoms with Crippen LogP contribution in [0.1, 0.15) is 72.6 Å². The van der Waals surface area contributed by atoms with E-state index in [1.807, 2.05) is 9.47 Å². The molecular formula is C18H25N5O3. The van der Waals surface area contributed by atoms with Crippen molar-refractivity contribution in [3.63, 3.8) is 0 Å². The van der Waals surface area contributed by atoms with Gasteiger partial charge in [0.15, 0.2) is 5.69 Å². The quantitative estimate of drug-likeness (QED) is 0.837. The molecule has 0 radical (unpaired) electrons. The third kappa shape index (κ3) is 2.97. The van der Waals surface area contributed by atoms with Gasteiger partial charge in [-0.05, 0) is 32.6 Å². The van der Waals surface area contributed by atoms with Crippen LogP contribution in [0.15, 0.2) is 15.4 Å². The van der Waals surface area contributed by atoms with Crippen LogP contribution in [0.2, 0.25) is 0 Å². The zero-order valence-electron chi connectivity index (χ0n) is 15.3. The van der Waals surface area contributed by atoms with Crippen molar-refractivity contribution in [3.05, 3.63) is 33.8 Å². The first-order valence-electron chi connectivity index (χ1n) is 9.42. The van der Waals surface area contributed by atoms with Gasteiger partial charge in [0.25, 0.3) is 5.91 Å². The van der Waals surface area contributed by atoms with E-state index in [1.54, 1.807) is 20.0 Å². The van der Waals surface area contributed by atoms with E-state index in [4.69, 9.17) is 4.52 Å². The highest BCUT2D eigenvalue weighted by Gasteiger charge is 2.32. The fourth-order valence-corrected chi connectivity index (χ4v) is 4.25. The minimum absolute atomic E-state index is 0.0107. The zero-order valence-corrected chi connectivity index (χ0v) is 15.3. The second kappa shape index (κ2) is 6.74. The minimum Gasteiger partial charge on any atom is -0.361 e. The van der Waals surface area contributed by atoms with Crippen molar-refractivity contribution in [2.75, 3.05) is 13.1 Å². The molecule has 1 saturated carbocycles. The Morgan fingerprint density at radius 3 is 2.50 bits per heavy atom. The smallest absolute Gasteiger partial charge is 0.345 e. The van der Waals surface area contributed by atoms with Gasteiger partial charge in [0.05, 0.1) is 0 Å². The summed E-state index contributed by atoms with van der Waals surface area (Å²) in [5.74, 6) is 1.66. The maximum atomic E-state index is 12.6. The van der Waals surface area contributed by atoms with Crippen molar-refractivity contribution >= 4 is 5.91 Å². The van der Waals surface area contributed by atoms with E-state index < -0.39 is 0 Å². The molecule has 2 aliphatic rings. The van der Waals surface area contributed by atoms with Crippen molar-refractivity contribution in [1.29, 1.82) is 0 Å². The Kier molecular flexibility index (Phi) is 4.42. The summed E-state index contributed by atoms with van der Waals surface area (Å²) in [5.41, 5.74) is 0.352. The number of aromatic nitrogens is 4. The number of carbonyl (C=O) groups is 1. The van der Waals surface area contributed by atoms with Crippen LogP contribution in [0.25, 0.3) is 0 Å². The molecule has 1 amide bonds. The Balaban J connectivity index is 1.49. The summed E-state index contributed by atoms with van der Waals surface area (Å²) in [6.45, 7) is 3.06. The van der Waals surface area contributed by atoms with Crippen LogP contribution in [0.3, 0.4) is 0 Å². The topological polar surface area (TPSA) is 86.2 Å². The maximum absolute atomic E-state index is 12.6. The lowest BCUT2D eigenvalue weighted by molar-refractivity contribution is 0.0699. The molecule has 0 aromatic carbocycles. The summed E-state index contributed by atoms with van der Waals surface area (Å²) >= 11 is 0. The average molecular weight is 359 g/mol. The summed E-state index contributed by atoms with van der Waals surface area (Å²) in [4.78, 5) is 26.9. The van der Waals surface area contributed by atoms with Crippen LogP contribution >= 0.6 is 0 Å². The highest BCUT2D eigenvalue weighted by atomic mass is 16.5. The molecule has 0 atom stereocenters. The Morgan fingerprint density at radius 2 is 1.88 bits per heavy atom. The van der Waals surface area contributed by atoms with E-state index in [-0.39, 0.29) is 23.6 Å². The van der Waals surface area contributed by atoms with E-state index in [1.165, 1.54) is 17.5 Å². The van der Waals surface area contributed by atoms with E-state index in [2.05, 4.69) is 10.3 Å². The lowest BCUT2D eigenvalue weighted by Gasteiger charge is -2.31. The zero-order chi connectivity index (χ0) is 18.3. The molecule has 1 aliphatic carbocycles. The highest BCUT2D eigenvalue weighted by Crippen LogP contribution is 2.33. The number of aryl methyl sites for hydroxylation is 2. The molecule has 1 aliphatic heterocycles. The molecule has 0 bridgehead atoms. The van der Waals surface area contributed by atoms with Gasteiger partial charge in [0.2, 0.25) is 0 Å². The standard InChI is InChI=1S/C18H25N5O3/c1-12-11-15(20-26-12)17(24)22-9-7-13(8-10-22)16-19-21(2)18(25)23(16)14-5-3-4-6-14/h11,13-14H,3-10H2,1-2H3. The number of nitrogens with zero attached hydrogens (tertiary/aromatic N) is 5. The van der Waals surface area contributed by atoms with Gasteiger partial charge in [-0.3, -0.25) is 9.36 Å². The summed E-state index contributed by atoms with van der Waals surface area (Å²) in [7, 11) is 1.73. The number of likely N-dealkylation sites (tertiary alicyclic amines) is 1. The summed E-state index contributed by atoms with van der Waals surface area (Å²) < 4.78 is 8.40. The Labute approximate surface area is 151 Å². The molecule has 26 heavy (non-hydrogen) atoms. The molecule has 8 nitrogen and oxygen atoms in total. The van der Waals surface area contributed by atoms with E-state index in [9.17, 15) is 9.59 Å². The molecule has 0 unspecified atom stereocenters. The summed E-state index contributed by atoms with van der Waals surface area (Å²) in [6.07, 6.45) is 6.09. The van der Waals surface area contributed by atoms with Crippen LogP contribution in [0, 0.1) is 6.92 Å². The van der Waals surface area contributed by atoms with Gasteiger partial charge < -0.3 is 9.42 Å². The normalized spacial score (nSPS) is 19.4. The van der Waals surface area contributed by atoms with Crippen molar-refractivity contribution in [2.45, 2.75) is 57.4 Å². The predicted octanol–water partition coefficient (Wildman–Crippen LogP) is 2.01. The fraction of sp³-hybridized carbons (Fsp3) is 0.667. The SMILES string of the molecule is Cc1cc(C(=O)N2CCC(c3nn(C)c(=O)n3C3CCCC3)CC2)no1. The van der Waals surface area contributed by atoms with Crippen molar-refractivity contribution in [1.82, 2.24) is 24.4 Å². The van der Waals surface area contributed by atoms with Crippen molar-refractivity contribution in [2.24, 2.45) is 7.05 Å². The number of amides is 1. The van der Waals surface area contributed by atoms with Crippen molar-refractivity contribution in [3.8, 4) is 0 Å². The molecule has 140 valence electrons. The lowest BCUT2D eigenvalue weighted by atomic mass is 9.95. The molecular weight excluding hydrogens is 334 g/mol. The number of piperidine rings is 1. The Bertz CT molecular complexity index is 851. The third-order valence-electron chi connectivity index (χ3n) is 5.67. The molecule has 4 rings (SSSR count). The van der Waals surface area contributed by atoms with Gasteiger partial charge in [-0.25, -0.2) is 9.48 Å². The minimum atomic E-state index is -0.0884. The van der Waals surface area contributed by atoms with Gasteiger partial charge in [-0.2, -0.15) is 5.10 Å². The van der Waals surface area contributed by atoms with Crippen LogP contribution in [-0.2, 0) is 7.05 Å². The number of rotatable bonds is 3. The van der Waals surface area contributed by atoms with E-state index >= 15 is 0 Å². The largest absolute Gasteiger partial charge is 0.361 e. The lowest BCUT2D eigenvalue weighted by Crippen LogP contribution is -2.39. The molecule has 3 heterocycles. The predicted molar refractivity (Wildman–Crippen MR) is 94.1 cm³/mol. The maximum Gasteiger partial charge on any atom is 0.345 e. The monoisotopic (exact) mass is 359 g/mol. The van der Waals surface area contributed by atoms with E-state index in [0.717, 1.165) is 31.5 Å². The average Bonchev–Trinajstić information content (AvgIpc) is 3.37. The number of hydrogen-bond acceptors (Lipinski definition) is 5. The second-order valence-electron chi connectivity index (χ2n) is 7.46. The molecule has 2 aromatic rings. The summed E-state index contributed by atoms with van der Waals surface area (Å²) in [6, 6.07) is 1.95. The van der Waals surface area contributed by atoms with E-state index in [0.29, 0.717) is 24.5 Å². The fourth-order valence-electron chi connectivity index (χ4n) is 4.25. The number of hydrogen-bond donors (Lipinski definition) is 0. The van der Waals surface area contributed by atoms with Crippen LogP contribution < -0.4 is 5.69 Å². The molecule has 0 spiro atoms. The first kappa shape index (κ1) is 17.1. The molecule has 0 N–H and O–H groups in total.